The predicted molar refractivity (Wildman–Crippen MR) is 89.3 cm³/mol. The van der Waals surface area contributed by atoms with E-state index in [2.05, 4.69) is 0 Å². The average Bonchev–Trinajstić information content (AvgIpc) is 2.60. The maximum Gasteiger partial charge on any atom is 0.416 e. The minimum absolute atomic E-state index is 0.121. The van der Waals surface area contributed by atoms with E-state index in [4.69, 9.17) is 16.3 Å². The fraction of sp³-hybridized carbons (Fsp3) is 0.278. The molecule has 0 aromatic heterocycles. The van der Waals surface area contributed by atoms with Gasteiger partial charge in [-0.25, -0.2) is 4.39 Å². The first kappa shape index (κ1) is 18.5. The molecule has 0 saturated heterocycles. The molecule has 26 heavy (non-hydrogen) atoms. The lowest BCUT2D eigenvalue weighted by molar-refractivity contribution is -0.137. The van der Waals surface area contributed by atoms with Gasteiger partial charge in [-0.3, -0.25) is 9.69 Å². The Morgan fingerprint density at radius 2 is 2.00 bits per heavy atom. The predicted octanol–water partition coefficient (Wildman–Crippen LogP) is 4.88. The fourth-order valence-electron chi connectivity index (χ4n) is 2.84. The summed E-state index contributed by atoms with van der Waals surface area (Å²) in [6.45, 7) is 0.121. The van der Waals surface area contributed by atoms with E-state index in [0.717, 1.165) is 18.2 Å². The summed E-state index contributed by atoms with van der Waals surface area (Å²) in [6.07, 6.45) is -4.22. The number of carbonyl (C=O) groups is 1. The highest BCUT2D eigenvalue weighted by Crippen LogP contribution is 2.37. The first-order chi connectivity index (χ1) is 12.3. The quantitative estimate of drug-likeness (QED) is 0.555. The van der Waals surface area contributed by atoms with Crippen molar-refractivity contribution >= 4 is 23.2 Å². The van der Waals surface area contributed by atoms with Crippen LogP contribution in [0.25, 0.3) is 0 Å². The van der Waals surface area contributed by atoms with Crippen LogP contribution in [0.3, 0.4) is 0 Å². The number of hydrogen-bond donors (Lipinski definition) is 0. The second-order valence-corrected chi connectivity index (χ2v) is 6.19. The molecule has 1 aliphatic heterocycles. The van der Waals surface area contributed by atoms with Crippen LogP contribution >= 0.6 is 11.6 Å². The Kier molecular flexibility index (Phi) is 5.09. The summed E-state index contributed by atoms with van der Waals surface area (Å²) in [5.41, 5.74) is -0.893. The van der Waals surface area contributed by atoms with E-state index >= 15 is 0 Å². The second kappa shape index (κ2) is 7.15. The van der Waals surface area contributed by atoms with Crippen molar-refractivity contribution in [2.45, 2.75) is 18.6 Å². The lowest BCUT2D eigenvalue weighted by Crippen LogP contribution is -2.47. The second-order valence-electron chi connectivity index (χ2n) is 5.81. The standard InChI is InChI=1S/C18H14ClF4NO2/c19-7-6-14-10-26-16-5-4-13(20)9-15(16)24(14)17(25)11-2-1-3-12(8-11)18(21,22)23/h1-5,8-9,14H,6-7,10H2. The number of halogens is 5. The molecule has 0 bridgehead atoms. The van der Waals surface area contributed by atoms with Crippen LogP contribution in [0.5, 0.6) is 5.75 Å². The van der Waals surface area contributed by atoms with Gasteiger partial charge in [-0.2, -0.15) is 13.2 Å². The van der Waals surface area contributed by atoms with Gasteiger partial charge in [-0.1, -0.05) is 6.07 Å². The van der Waals surface area contributed by atoms with Gasteiger partial charge >= 0.3 is 6.18 Å². The third-order valence-electron chi connectivity index (χ3n) is 4.07. The van der Waals surface area contributed by atoms with Crippen molar-refractivity contribution in [3.8, 4) is 5.75 Å². The highest BCUT2D eigenvalue weighted by molar-refractivity contribution is 6.18. The van der Waals surface area contributed by atoms with Crippen LogP contribution in [-0.4, -0.2) is 24.4 Å². The number of ether oxygens (including phenoxy) is 1. The average molecular weight is 388 g/mol. The molecule has 1 unspecified atom stereocenters. The van der Waals surface area contributed by atoms with Crippen molar-refractivity contribution in [1.29, 1.82) is 0 Å². The largest absolute Gasteiger partial charge is 0.489 e. The minimum atomic E-state index is -4.57. The van der Waals surface area contributed by atoms with Crippen molar-refractivity contribution in [3.05, 3.63) is 59.4 Å². The number of anilines is 1. The summed E-state index contributed by atoms with van der Waals surface area (Å²) in [7, 11) is 0. The van der Waals surface area contributed by atoms with Gasteiger partial charge < -0.3 is 4.74 Å². The number of amides is 1. The molecule has 0 N–H and O–H groups in total. The zero-order valence-electron chi connectivity index (χ0n) is 13.4. The molecule has 1 heterocycles. The third kappa shape index (κ3) is 3.62. The van der Waals surface area contributed by atoms with Crippen LogP contribution in [0.15, 0.2) is 42.5 Å². The van der Waals surface area contributed by atoms with Crippen molar-refractivity contribution in [2.75, 3.05) is 17.4 Å². The van der Waals surface area contributed by atoms with E-state index < -0.39 is 29.5 Å². The van der Waals surface area contributed by atoms with Crippen molar-refractivity contribution in [1.82, 2.24) is 0 Å². The smallest absolute Gasteiger partial charge is 0.416 e. The molecule has 2 aromatic rings. The Hall–Kier alpha value is -2.28. The van der Waals surface area contributed by atoms with Crippen LogP contribution in [0, 0.1) is 5.82 Å². The van der Waals surface area contributed by atoms with Gasteiger partial charge in [0.25, 0.3) is 5.91 Å². The third-order valence-corrected chi connectivity index (χ3v) is 4.29. The highest BCUT2D eigenvalue weighted by atomic mass is 35.5. The SMILES string of the molecule is O=C(c1cccc(C(F)(F)F)c1)N1c2cc(F)ccc2OCC1CCCl. The normalized spacial score (nSPS) is 16.8. The Morgan fingerprint density at radius 1 is 1.23 bits per heavy atom. The molecule has 0 fully saturated rings. The van der Waals surface area contributed by atoms with E-state index in [0.29, 0.717) is 6.42 Å². The van der Waals surface area contributed by atoms with Crippen molar-refractivity contribution in [2.24, 2.45) is 0 Å². The summed E-state index contributed by atoms with van der Waals surface area (Å²) in [5, 5.41) is 0. The van der Waals surface area contributed by atoms with E-state index in [9.17, 15) is 22.4 Å². The zero-order valence-corrected chi connectivity index (χ0v) is 14.1. The van der Waals surface area contributed by atoms with Gasteiger partial charge in [0.15, 0.2) is 0 Å². The molecule has 0 aliphatic carbocycles. The summed E-state index contributed by atoms with van der Waals surface area (Å²) in [4.78, 5) is 14.2. The lowest BCUT2D eigenvalue weighted by Gasteiger charge is -2.37. The molecular weight excluding hydrogens is 374 g/mol. The number of nitrogens with zero attached hydrogens (tertiary/aromatic N) is 1. The van der Waals surface area contributed by atoms with E-state index in [-0.39, 0.29) is 29.5 Å². The number of rotatable bonds is 3. The Labute approximate surface area is 152 Å². The number of benzene rings is 2. The zero-order chi connectivity index (χ0) is 18.9. The number of hydrogen-bond acceptors (Lipinski definition) is 2. The van der Waals surface area contributed by atoms with Gasteiger partial charge in [0.2, 0.25) is 0 Å². The summed E-state index contributed by atoms with van der Waals surface area (Å²) < 4.78 is 58.1. The van der Waals surface area contributed by atoms with Crippen LogP contribution in [-0.2, 0) is 6.18 Å². The minimum Gasteiger partial charge on any atom is -0.489 e. The van der Waals surface area contributed by atoms with Crippen molar-refractivity contribution < 1.29 is 27.1 Å². The molecule has 3 nitrogen and oxygen atoms in total. The highest BCUT2D eigenvalue weighted by Gasteiger charge is 2.35. The molecule has 138 valence electrons. The fourth-order valence-corrected chi connectivity index (χ4v) is 3.09. The summed E-state index contributed by atoms with van der Waals surface area (Å²) in [6, 6.07) is 7.32. The number of fused-ring (bicyclic) bond motifs is 1. The van der Waals surface area contributed by atoms with Crippen LogP contribution in [0.1, 0.15) is 22.3 Å². The molecular formula is C18H14ClF4NO2. The monoisotopic (exact) mass is 387 g/mol. The molecule has 8 heteroatoms. The molecule has 1 atom stereocenters. The maximum atomic E-state index is 13.7. The van der Waals surface area contributed by atoms with Gasteiger partial charge in [0.1, 0.15) is 18.2 Å². The first-order valence-electron chi connectivity index (χ1n) is 7.80. The summed E-state index contributed by atoms with van der Waals surface area (Å²) in [5.74, 6) is -0.745. The van der Waals surface area contributed by atoms with Gasteiger partial charge in [0, 0.05) is 17.5 Å². The Balaban J connectivity index is 2.05. The molecule has 2 aromatic carbocycles. The Morgan fingerprint density at radius 3 is 2.69 bits per heavy atom. The maximum absolute atomic E-state index is 13.7. The van der Waals surface area contributed by atoms with E-state index in [1.54, 1.807) is 0 Å². The van der Waals surface area contributed by atoms with Crippen molar-refractivity contribution in [3.63, 3.8) is 0 Å². The number of carbonyl (C=O) groups excluding carboxylic acids is 1. The molecule has 0 radical (unpaired) electrons. The molecule has 0 saturated carbocycles. The van der Waals surface area contributed by atoms with Gasteiger partial charge in [0.05, 0.1) is 17.3 Å². The van der Waals surface area contributed by atoms with Gasteiger partial charge in [-0.05, 0) is 36.8 Å². The molecule has 0 spiro atoms. The van der Waals surface area contributed by atoms with Gasteiger partial charge in [-0.15, -0.1) is 11.6 Å². The summed E-state index contributed by atoms with van der Waals surface area (Å²) >= 11 is 5.78. The molecule has 1 amide bonds. The lowest BCUT2D eigenvalue weighted by atomic mass is 10.0. The Bertz CT molecular complexity index is 825. The van der Waals surface area contributed by atoms with E-state index in [1.807, 2.05) is 0 Å². The molecule has 3 rings (SSSR count). The van der Waals surface area contributed by atoms with Crippen LogP contribution < -0.4 is 9.64 Å². The van der Waals surface area contributed by atoms with E-state index in [1.165, 1.54) is 29.2 Å². The number of alkyl halides is 4. The topological polar surface area (TPSA) is 29.5 Å². The molecule has 1 aliphatic rings. The van der Waals surface area contributed by atoms with Crippen LogP contribution in [0.4, 0.5) is 23.2 Å². The van der Waals surface area contributed by atoms with Crippen LogP contribution in [0.2, 0.25) is 0 Å². The first-order valence-corrected chi connectivity index (χ1v) is 8.34.